The van der Waals surface area contributed by atoms with E-state index in [2.05, 4.69) is 15.0 Å². The summed E-state index contributed by atoms with van der Waals surface area (Å²) in [7, 11) is -5.74. The molecule has 0 saturated carbocycles. The van der Waals surface area contributed by atoms with Gasteiger partial charge in [-0.05, 0) is 41.5 Å². The maximum Gasteiger partial charge on any atom is 0.313 e. The van der Waals surface area contributed by atoms with Crippen molar-refractivity contribution in [1.82, 2.24) is 19.5 Å². The Hall–Kier alpha value is -2.41. The number of nitrogens with two attached hydrogens (primary N) is 1. The minimum atomic E-state index is -2.87. The predicted octanol–water partition coefficient (Wildman–Crippen LogP) is 3.06. The first-order valence-corrected chi connectivity index (χ1v) is 14.5. The number of ether oxygens (including phenoxy) is 4. The molecule has 0 spiro atoms. The number of hydrogen-bond donors (Lipinski definition) is 1. The van der Waals surface area contributed by atoms with Crippen LogP contribution in [0.15, 0.2) is 12.7 Å². The predicted molar refractivity (Wildman–Crippen MR) is 136 cm³/mol. The molecular formula is C21H35N5O10P2. The molecule has 2 rings (SSSR count). The van der Waals surface area contributed by atoms with Gasteiger partial charge in [0.1, 0.15) is 30.9 Å². The SMILES string of the molecule is CC(C)(C)C(=O)OCO[PH](=O)COC(C)(OC[PH](=O)OCOC(=O)C(C)(C)C)n1cnc2c(N)ncnc21. The number of anilines is 1. The molecule has 0 bridgehead atoms. The van der Waals surface area contributed by atoms with Crippen LogP contribution in [0.2, 0.25) is 0 Å². The van der Waals surface area contributed by atoms with Gasteiger partial charge in [0, 0.05) is 6.92 Å². The summed E-state index contributed by atoms with van der Waals surface area (Å²) in [6.07, 6.45) is 1.57. The molecule has 17 heteroatoms. The topological polar surface area (TPSA) is 193 Å². The van der Waals surface area contributed by atoms with Gasteiger partial charge in [0.25, 0.3) is 5.91 Å². The van der Waals surface area contributed by atoms with Crippen molar-refractivity contribution in [3.8, 4) is 0 Å². The van der Waals surface area contributed by atoms with Gasteiger partial charge >= 0.3 is 11.9 Å². The molecule has 0 saturated heterocycles. The summed E-state index contributed by atoms with van der Waals surface area (Å²) in [5, 5.41) is 0. The summed E-state index contributed by atoms with van der Waals surface area (Å²) in [6.45, 7) is 10.4. The second-order valence-corrected chi connectivity index (χ2v) is 12.8. The Labute approximate surface area is 221 Å². The van der Waals surface area contributed by atoms with Gasteiger partial charge in [-0.3, -0.25) is 32.3 Å². The van der Waals surface area contributed by atoms with E-state index in [-0.39, 0.29) is 17.0 Å². The number of carbonyl (C=O) groups is 2. The lowest BCUT2D eigenvalue weighted by atomic mass is 9.98. The molecule has 38 heavy (non-hydrogen) atoms. The van der Waals surface area contributed by atoms with Crippen molar-refractivity contribution in [2.75, 3.05) is 32.0 Å². The average Bonchev–Trinajstić information content (AvgIpc) is 3.26. The number of rotatable bonds is 13. The van der Waals surface area contributed by atoms with Crippen LogP contribution in [-0.4, -0.2) is 57.7 Å². The molecular weight excluding hydrogens is 544 g/mol. The number of aromatic nitrogens is 4. The zero-order chi connectivity index (χ0) is 28.7. The number of imidazole rings is 1. The Morgan fingerprint density at radius 3 is 1.76 bits per heavy atom. The summed E-state index contributed by atoms with van der Waals surface area (Å²) < 4.78 is 57.7. The van der Waals surface area contributed by atoms with E-state index in [1.54, 1.807) is 41.5 Å². The highest BCUT2D eigenvalue weighted by Gasteiger charge is 2.33. The highest BCUT2D eigenvalue weighted by atomic mass is 31.1. The Morgan fingerprint density at radius 1 is 0.842 bits per heavy atom. The highest BCUT2D eigenvalue weighted by Crippen LogP contribution is 2.34. The zero-order valence-electron chi connectivity index (χ0n) is 22.4. The number of hydrogen-bond acceptors (Lipinski definition) is 14. The Morgan fingerprint density at radius 2 is 1.32 bits per heavy atom. The molecule has 0 amide bonds. The van der Waals surface area contributed by atoms with Crippen LogP contribution in [0, 0.1) is 10.8 Å². The molecule has 0 aliphatic rings. The van der Waals surface area contributed by atoms with Crippen LogP contribution < -0.4 is 5.73 Å². The Balaban J connectivity index is 2.07. The third-order valence-corrected chi connectivity index (χ3v) is 6.40. The lowest BCUT2D eigenvalue weighted by Crippen LogP contribution is -2.36. The van der Waals surface area contributed by atoms with Crippen LogP contribution >= 0.6 is 16.1 Å². The van der Waals surface area contributed by atoms with Crippen molar-refractivity contribution in [3.05, 3.63) is 12.7 Å². The smallest absolute Gasteiger partial charge is 0.313 e. The van der Waals surface area contributed by atoms with Gasteiger partial charge in [0.2, 0.25) is 16.1 Å². The maximum atomic E-state index is 12.4. The first kappa shape index (κ1) is 31.8. The van der Waals surface area contributed by atoms with Crippen LogP contribution in [0.3, 0.4) is 0 Å². The van der Waals surface area contributed by atoms with Gasteiger partial charge in [-0.15, -0.1) is 0 Å². The molecule has 0 fully saturated rings. The second-order valence-electron chi connectivity index (χ2n) is 10.2. The summed E-state index contributed by atoms with van der Waals surface area (Å²) >= 11 is 0. The maximum absolute atomic E-state index is 12.4. The monoisotopic (exact) mass is 579 g/mol. The van der Waals surface area contributed by atoms with E-state index in [0.717, 1.165) is 0 Å². The van der Waals surface area contributed by atoms with Crippen LogP contribution in [-0.2, 0) is 52.6 Å². The van der Waals surface area contributed by atoms with Crippen LogP contribution in [0.4, 0.5) is 5.82 Å². The van der Waals surface area contributed by atoms with Crippen molar-refractivity contribution in [2.45, 2.75) is 54.4 Å². The fourth-order valence-electron chi connectivity index (χ4n) is 2.53. The van der Waals surface area contributed by atoms with Crippen LogP contribution in [0.1, 0.15) is 48.5 Å². The van der Waals surface area contributed by atoms with E-state index in [1.807, 2.05) is 0 Å². The normalized spacial score (nSPS) is 15.6. The minimum Gasteiger partial charge on any atom is -0.438 e. The average molecular weight is 579 g/mol. The molecule has 2 aromatic heterocycles. The van der Waals surface area contributed by atoms with Crippen LogP contribution in [0.25, 0.3) is 11.2 Å². The largest absolute Gasteiger partial charge is 0.438 e. The van der Waals surface area contributed by atoms with E-state index < -0.39 is 71.0 Å². The van der Waals surface area contributed by atoms with Crippen molar-refractivity contribution in [2.24, 2.45) is 10.8 Å². The molecule has 15 nitrogen and oxygen atoms in total. The molecule has 0 aliphatic carbocycles. The van der Waals surface area contributed by atoms with Gasteiger partial charge in [-0.2, -0.15) is 0 Å². The molecule has 0 radical (unpaired) electrons. The number of esters is 2. The van der Waals surface area contributed by atoms with Gasteiger partial charge in [-0.25, -0.2) is 15.0 Å². The fourth-order valence-corrected chi connectivity index (χ4v) is 3.85. The summed E-state index contributed by atoms with van der Waals surface area (Å²) in [5.41, 5.74) is 4.83. The van der Waals surface area contributed by atoms with Gasteiger partial charge in [0.05, 0.1) is 10.8 Å². The van der Waals surface area contributed by atoms with E-state index >= 15 is 0 Å². The summed E-state index contributed by atoms with van der Waals surface area (Å²) in [4.78, 5) is 35.9. The van der Waals surface area contributed by atoms with E-state index in [0.29, 0.717) is 0 Å². The van der Waals surface area contributed by atoms with Crippen molar-refractivity contribution in [3.63, 3.8) is 0 Å². The zero-order valence-corrected chi connectivity index (χ0v) is 24.4. The van der Waals surface area contributed by atoms with Gasteiger partial charge in [-0.1, -0.05) is 0 Å². The molecule has 2 aromatic rings. The quantitative estimate of drug-likeness (QED) is 0.207. The molecule has 2 N–H and O–H groups in total. The number of nitrogens with zero attached hydrogens (tertiary/aromatic N) is 4. The molecule has 0 aromatic carbocycles. The number of fused-ring (bicyclic) bond motifs is 1. The standard InChI is InChI=1S/C21H35N5O10P2/c1-19(2,3)17(27)31-10-35-37(29)12-33-21(7,26-9-25-14-15(22)23-8-24-16(14)26)34-13-38(30)36-11-32-18(28)20(4,5)6/h8-9,37-38H,10-13H2,1-7H3,(H2,22,23,24). The second kappa shape index (κ2) is 13.1. The lowest BCUT2D eigenvalue weighted by molar-refractivity contribution is -0.264. The van der Waals surface area contributed by atoms with Gasteiger partial charge in [0.15, 0.2) is 25.1 Å². The number of nitrogen functional groups attached to an aromatic ring is 1. The minimum absolute atomic E-state index is 0.103. The van der Waals surface area contributed by atoms with Crippen molar-refractivity contribution < 1.29 is 46.7 Å². The molecule has 214 valence electrons. The highest BCUT2D eigenvalue weighted by molar-refractivity contribution is 7.39. The summed E-state index contributed by atoms with van der Waals surface area (Å²) in [5.74, 6) is -2.71. The van der Waals surface area contributed by atoms with Crippen molar-refractivity contribution in [1.29, 1.82) is 0 Å². The molecule has 2 atom stereocenters. The molecule has 2 heterocycles. The first-order chi connectivity index (χ1) is 17.5. The van der Waals surface area contributed by atoms with Crippen LogP contribution in [0.5, 0.6) is 0 Å². The van der Waals surface area contributed by atoms with E-state index in [1.165, 1.54) is 24.1 Å². The van der Waals surface area contributed by atoms with Crippen molar-refractivity contribution >= 4 is 45.0 Å². The molecule has 0 aliphatic heterocycles. The first-order valence-electron chi connectivity index (χ1n) is 11.4. The number of carbonyl (C=O) groups excluding carboxylic acids is 2. The summed E-state index contributed by atoms with van der Waals surface area (Å²) in [6, 6.07) is 0. The molecule has 2 unspecified atom stereocenters. The third-order valence-electron chi connectivity index (χ3n) is 4.76. The van der Waals surface area contributed by atoms with E-state index in [9.17, 15) is 18.7 Å². The van der Waals surface area contributed by atoms with Gasteiger partial charge < -0.3 is 24.7 Å². The van der Waals surface area contributed by atoms with E-state index in [4.69, 9.17) is 33.7 Å². The third kappa shape index (κ3) is 9.11. The fraction of sp³-hybridized carbons (Fsp3) is 0.667. The Bertz CT molecular complexity index is 1130. The lowest BCUT2D eigenvalue weighted by Gasteiger charge is -2.30. The Kier molecular flexibility index (Phi) is 11.0.